The van der Waals surface area contributed by atoms with E-state index in [1.807, 2.05) is 12.1 Å². The predicted molar refractivity (Wildman–Crippen MR) is 75.4 cm³/mol. The van der Waals surface area contributed by atoms with Gasteiger partial charge in [0.1, 0.15) is 0 Å². The number of aliphatic carboxylic acids is 1. The van der Waals surface area contributed by atoms with Crippen LogP contribution in [0.4, 0.5) is 0 Å². The van der Waals surface area contributed by atoms with Crippen LogP contribution >= 0.6 is 0 Å². The maximum absolute atomic E-state index is 11.7. The Morgan fingerprint density at radius 2 is 1.63 bits per heavy atom. The normalized spacial score (nSPS) is 22.9. The Morgan fingerprint density at radius 3 is 2.00 bits per heavy atom. The molecule has 2 heteroatoms. The van der Waals surface area contributed by atoms with Gasteiger partial charge in [-0.15, -0.1) is 0 Å². The topological polar surface area (TPSA) is 37.3 Å². The Balaban J connectivity index is 1.90. The summed E-state index contributed by atoms with van der Waals surface area (Å²) >= 11 is 0. The van der Waals surface area contributed by atoms with Crippen LogP contribution in [0.1, 0.15) is 57.6 Å². The summed E-state index contributed by atoms with van der Waals surface area (Å²) in [6.45, 7) is 6.53. The van der Waals surface area contributed by atoms with Gasteiger partial charge in [-0.1, -0.05) is 45.0 Å². The zero-order valence-electron chi connectivity index (χ0n) is 12.0. The van der Waals surface area contributed by atoms with Crippen LogP contribution in [0.15, 0.2) is 24.3 Å². The van der Waals surface area contributed by atoms with E-state index in [2.05, 4.69) is 32.9 Å². The molecular formula is C17H22O2. The largest absolute Gasteiger partial charge is 0.481 e. The Labute approximate surface area is 114 Å². The third-order valence-corrected chi connectivity index (χ3v) is 5.02. The van der Waals surface area contributed by atoms with Gasteiger partial charge in [-0.3, -0.25) is 4.79 Å². The van der Waals surface area contributed by atoms with Gasteiger partial charge in [-0.25, -0.2) is 0 Å². The molecule has 0 heterocycles. The van der Waals surface area contributed by atoms with E-state index in [0.29, 0.717) is 5.41 Å². The van der Waals surface area contributed by atoms with Crippen molar-refractivity contribution in [1.29, 1.82) is 0 Å². The summed E-state index contributed by atoms with van der Waals surface area (Å²) in [5, 5.41) is 9.63. The Hall–Kier alpha value is -1.31. The first-order valence-corrected chi connectivity index (χ1v) is 7.12. The Morgan fingerprint density at radius 1 is 1.11 bits per heavy atom. The lowest BCUT2D eigenvalue weighted by Gasteiger charge is -2.45. The molecular weight excluding hydrogens is 236 g/mol. The van der Waals surface area contributed by atoms with Crippen molar-refractivity contribution in [3.8, 4) is 0 Å². The van der Waals surface area contributed by atoms with Crippen LogP contribution in [-0.4, -0.2) is 11.1 Å². The smallest absolute Gasteiger partial charge is 0.314 e. The van der Waals surface area contributed by atoms with Gasteiger partial charge < -0.3 is 5.11 Å². The van der Waals surface area contributed by atoms with Crippen LogP contribution in [0.3, 0.4) is 0 Å². The first-order valence-electron chi connectivity index (χ1n) is 7.12. The molecule has 0 atom stereocenters. The Kier molecular flexibility index (Phi) is 2.42. The molecule has 1 N–H and O–H groups in total. The summed E-state index contributed by atoms with van der Waals surface area (Å²) in [7, 11) is 0. The summed E-state index contributed by atoms with van der Waals surface area (Å²) in [5.74, 6) is -0.645. The van der Waals surface area contributed by atoms with Crippen molar-refractivity contribution < 1.29 is 9.90 Å². The van der Waals surface area contributed by atoms with Crippen molar-refractivity contribution >= 4 is 5.97 Å². The molecule has 0 aromatic heterocycles. The van der Waals surface area contributed by atoms with Gasteiger partial charge >= 0.3 is 5.97 Å². The minimum absolute atomic E-state index is 0.117. The molecule has 0 bridgehead atoms. The highest BCUT2D eigenvalue weighted by Crippen LogP contribution is 2.69. The monoisotopic (exact) mass is 258 g/mol. The summed E-state index contributed by atoms with van der Waals surface area (Å²) in [6, 6.07) is 8.25. The van der Waals surface area contributed by atoms with E-state index in [-0.39, 0.29) is 5.41 Å². The van der Waals surface area contributed by atoms with Crippen molar-refractivity contribution in [2.24, 2.45) is 5.41 Å². The molecule has 2 fully saturated rings. The van der Waals surface area contributed by atoms with E-state index in [1.165, 1.54) is 18.4 Å². The molecule has 3 rings (SSSR count). The van der Waals surface area contributed by atoms with E-state index in [1.54, 1.807) is 0 Å². The highest BCUT2D eigenvalue weighted by molar-refractivity contribution is 5.83. The zero-order chi connectivity index (χ0) is 13.9. The lowest BCUT2D eigenvalue weighted by atomic mass is 9.56. The molecule has 0 radical (unpaired) electrons. The van der Waals surface area contributed by atoms with Crippen molar-refractivity contribution in [1.82, 2.24) is 0 Å². The molecule has 1 aromatic carbocycles. The quantitative estimate of drug-likeness (QED) is 0.874. The molecule has 2 nitrogen and oxygen atoms in total. The van der Waals surface area contributed by atoms with Crippen LogP contribution in [0, 0.1) is 5.41 Å². The molecule has 2 aliphatic rings. The molecule has 0 saturated heterocycles. The molecule has 1 aromatic rings. The summed E-state index contributed by atoms with van der Waals surface area (Å²) in [4.78, 5) is 11.7. The fourth-order valence-electron chi connectivity index (χ4n) is 3.53. The summed E-state index contributed by atoms with van der Waals surface area (Å²) in [6.07, 6.45) is 4.12. The van der Waals surface area contributed by atoms with E-state index in [9.17, 15) is 9.90 Å². The zero-order valence-corrected chi connectivity index (χ0v) is 12.0. The van der Waals surface area contributed by atoms with Gasteiger partial charge in [0, 0.05) is 0 Å². The second-order valence-corrected chi connectivity index (χ2v) is 7.57. The van der Waals surface area contributed by atoms with Gasteiger partial charge in [0.25, 0.3) is 0 Å². The van der Waals surface area contributed by atoms with E-state index < -0.39 is 11.4 Å². The minimum atomic E-state index is -0.645. The van der Waals surface area contributed by atoms with E-state index >= 15 is 0 Å². The van der Waals surface area contributed by atoms with E-state index in [0.717, 1.165) is 18.4 Å². The van der Waals surface area contributed by atoms with Gasteiger partial charge in [-0.05, 0) is 47.6 Å². The first-order chi connectivity index (χ1) is 8.78. The fraction of sp³-hybridized carbons (Fsp3) is 0.588. The van der Waals surface area contributed by atoms with Crippen LogP contribution in [-0.2, 0) is 15.6 Å². The molecule has 0 amide bonds. The highest BCUT2D eigenvalue weighted by atomic mass is 16.4. The lowest BCUT2D eigenvalue weighted by molar-refractivity contribution is -0.150. The van der Waals surface area contributed by atoms with Crippen LogP contribution in [0.5, 0.6) is 0 Å². The number of carbonyl (C=O) groups is 1. The molecule has 1 spiro atoms. The molecule has 19 heavy (non-hydrogen) atoms. The fourth-order valence-corrected chi connectivity index (χ4v) is 3.53. The SMILES string of the molecule is CC(C)(C)c1ccc(C2(C(=O)O)CC3(CC3)C2)cc1. The molecule has 0 aliphatic heterocycles. The first kappa shape index (κ1) is 12.7. The minimum Gasteiger partial charge on any atom is -0.481 e. The van der Waals surface area contributed by atoms with Crippen molar-refractivity contribution in [3.05, 3.63) is 35.4 Å². The molecule has 2 saturated carbocycles. The van der Waals surface area contributed by atoms with Crippen molar-refractivity contribution in [3.63, 3.8) is 0 Å². The van der Waals surface area contributed by atoms with Crippen LogP contribution in [0.25, 0.3) is 0 Å². The number of hydrogen-bond donors (Lipinski definition) is 1. The second kappa shape index (κ2) is 3.62. The summed E-state index contributed by atoms with van der Waals surface area (Å²) < 4.78 is 0. The molecule has 102 valence electrons. The summed E-state index contributed by atoms with van der Waals surface area (Å²) in [5.41, 5.74) is 2.16. The number of rotatable bonds is 2. The Bertz CT molecular complexity index is 507. The van der Waals surface area contributed by atoms with Crippen molar-refractivity contribution in [2.45, 2.75) is 57.3 Å². The van der Waals surface area contributed by atoms with Crippen LogP contribution < -0.4 is 0 Å². The van der Waals surface area contributed by atoms with Gasteiger partial charge in [0.15, 0.2) is 0 Å². The molecule has 0 unspecified atom stereocenters. The highest BCUT2D eigenvalue weighted by Gasteiger charge is 2.64. The molecule has 2 aliphatic carbocycles. The number of carboxylic acids is 1. The number of hydrogen-bond acceptors (Lipinski definition) is 1. The standard InChI is InChI=1S/C17H22O2/c1-15(2,3)12-4-6-13(7-5-12)17(14(18)19)10-16(11-17)8-9-16/h4-7H,8-11H2,1-3H3,(H,18,19). The third-order valence-electron chi connectivity index (χ3n) is 5.02. The lowest BCUT2D eigenvalue weighted by Crippen LogP contribution is -2.49. The maximum atomic E-state index is 11.7. The van der Waals surface area contributed by atoms with Gasteiger partial charge in [-0.2, -0.15) is 0 Å². The maximum Gasteiger partial charge on any atom is 0.314 e. The van der Waals surface area contributed by atoms with Gasteiger partial charge in [0.05, 0.1) is 5.41 Å². The average molecular weight is 258 g/mol. The predicted octanol–water partition coefficient (Wildman–Crippen LogP) is 3.88. The van der Waals surface area contributed by atoms with Gasteiger partial charge in [0.2, 0.25) is 0 Å². The number of carboxylic acid groups (broad SMARTS) is 1. The van der Waals surface area contributed by atoms with Crippen LogP contribution in [0.2, 0.25) is 0 Å². The third kappa shape index (κ3) is 1.89. The number of benzene rings is 1. The average Bonchev–Trinajstić information content (AvgIpc) is 3.05. The second-order valence-electron chi connectivity index (χ2n) is 7.57. The van der Waals surface area contributed by atoms with E-state index in [4.69, 9.17) is 0 Å². The van der Waals surface area contributed by atoms with Crippen molar-refractivity contribution in [2.75, 3.05) is 0 Å².